The van der Waals surface area contributed by atoms with Crippen LogP contribution in [0.2, 0.25) is 0 Å². The van der Waals surface area contributed by atoms with Crippen LogP contribution in [0.1, 0.15) is 42.9 Å². The molecule has 0 aromatic heterocycles. The summed E-state index contributed by atoms with van der Waals surface area (Å²) in [5.41, 5.74) is 5.11. The topological polar surface area (TPSA) is 112 Å². The molecule has 9 nitrogen and oxygen atoms in total. The number of benzene rings is 3. The van der Waals surface area contributed by atoms with E-state index in [1.165, 1.54) is 14.2 Å². The van der Waals surface area contributed by atoms with Crippen LogP contribution in [0.5, 0.6) is 11.5 Å². The van der Waals surface area contributed by atoms with Crippen LogP contribution in [0.15, 0.2) is 66.7 Å². The second-order valence-electron chi connectivity index (χ2n) is 10.2. The van der Waals surface area contributed by atoms with Gasteiger partial charge >= 0.3 is 12.1 Å². The number of hydrogen-bond acceptors (Lipinski definition) is 7. The average Bonchev–Trinajstić information content (AvgIpc) is 3.30. The molecule has 2 amide bonds. The van der Waals surface area contributed by atoms with Gasteiger partial charge in [-0.25, -0.2) is 9.59 Å². The molecule has 0 fully saturated rings. The second-order valence-corrected chi connectivity index (χ2v) is 10.2. The molecular formula is C32H36N2O7. The van der Waals surface area contributed by atoms with Gasteiger partial charge in [-0.1, -0.05) is 62.4 Å². The Hall–Kier alpha value is -4.53. The normalized spacial score (nSPS) is 12.6. The molecule has 1 aliphatic rings. The molecule has 2 N–H and O–H groups in total. The van der Waals surface area contributed by atoms with Crippen molar-refractivity contribution in [3.05, 3.63) is 83.4 Å². The summed E-state index contributed by atoms with van der Waals surface area (Å²) in [6.07, 6.45) is -0.295. The molecule has 0 spiro atoms. The first kappa shape index (κ1) is 29.5. The highest BCUT2D eigenvalue weighted by atomic mass is 16.6. The average molecular weight is 561 g/mol. The lowest BCUT2D eigenvalue weighted by Gasteiger charge is -2.21. The van der Waals surface area contributed by atoms with E-state index in [1.807, 2.05) is 38.1 Å². The molecule has 0 saturated carbocycles. The number of ether oxygens (including phenoxy) is 4. The number of fused-ring (bicyclic) bond motifs is 3. The minimum Gasteiger partial charge on any atom is -0.496 e. The van der Waals surface area contributed by atoms with Crippen LogP contribution in [0.4, 0.5) is 4.79 Å². The molecule has 1 atom stereocenters. The molecule has 216 valence electrons. The lowest BCUT2D eigenvalue weighted by molar-refractivity contribution is -0.147. The van der Waals surface area contributed by atoms with Gasteiger partial charge in [0.1, 0.15) is 30.8 Å². The van der Waals surface area contributed by atoms with Crippen molar-refractivity contribution in [2.45, 2.75) is 38.8 Å². The molecule has 0 bridgehead atoms. The van der Waals surface area contributed by atoms with Crippen molar-refractivity contribution in [2.75, 3.05) is 27.4 Å². The summed E-state index contributed by atoms with van der Waals surface area (Å²) in [7, 11) is 3.02. The van der Waals surface area contributed by atoms with Gasteiger partial charge in [-0.05, 0) is 46.7 Å². The van der Waals surface area contributed by atoms with Crippen molar-refractivity contribution in [1.82, 2.24) is 10.6 Å². The van der Waals surface area contributed by atoms with Gasteiger partial charge in [-0.2, -0.15) is 0 Å². The molecule has 3 aromatic carbocycles. The maximum atomic E-state index is 13.0. The molecule has 4 rings (SSSR count). The number of amides is 2. The molecule has 0 saturated heterocycles. The fraction of sp³-hybridized carbons (Fsp3) is 0.344. The van der Waals surface area contributed by atoms with E-state index >= 15 is 0 Å². The minimum atomic E-state index is -0.883. The summed E-state index contributed by atoms with van der Waals surface area (Å²) < 4.78 is 22.1. The van der Waals surface area contributed by atoms with Crippen molar-refractivity contribution < 1.29 is 33.3 Å². The zero-order valence-electron chi connectivity index (χ0n) is 23.8. The molecule has 0 unspecified atom stereocenters. The Kier molecular flexibility index (Phi) is 9.84. The molecule has 1 aliphatic carbocycles. The van der Waals surface area contributed by atoms with Gasteiger partial charge in [-0.3, -0.25) is 4.79 Å². The van der Waals surface area contributed by atoms with Crippen LogP contribution in [-0.2, 0) is 25.7 Å². The quantitative estimate of drug-likeness (QED) is 0.306. The minimum absolute atomic E-state index is 0.0707. The van der Waals surface area contributed by atoms with Crippen LogP contribution >= 0.6 is 0 Å². The second kappa shape index (κ2) is 13.7. The Morgan fingerprint density at radius 1 is 0.902 bits per heavy atom. The molecule has 0 aliphatic heterocycles. The lowest BCUT2D eigenvalue weighted by Crippen LogP contribution is -2.43. The number of esters is 1. The first-order valence-electron chi connectivity index (χ1n) is 13.6. The van der Waals surface area contributed by atoms with E-state index in [0.717, 1.165) is 22.3 Å². The van der Waals surface area contributed by atoms with Crippen molar-refractivity contribution >= 4 is 18.0 Å². The Balaban J connectivity index is 1.36. The highest BCUT2D eigenvalue weighted by Crippen LogP contribution is 2.44. The third kappa shape index (κ3) is 7.36. The maximum absolute atomic E-state index is 13.0. The van der Waals surface area contributed by atoms with Crippen LogP contribution < -0.4 is 20.1 Å². The summed E-state index contributed by atoms with van der Waals surface area (Å²) in [6, 6.07) is 20.3. The first-order valence-corrected chi connectivity index (χ1v) is 13.6. The predicted octanol–water partition coefficient (Wildman–Crippen LogP) is 4.82. The van der Waals surface area contributed by atoms with E-state index in [-0.39, 0.29) is 37.6 Å². The lowest BCUT2D eigenvalue weighted by atomic mass is 9.98. The number of carbonyl (C=O) groups is 3. The van der Waals surface area contributed by atoms with Crippen LogP contribution in [0.3, 0.4) is 0 Å². The third-order valence-electron chi connectivity index (χ3n) is 6.90. The molecule has 41 heavy (non-hydrogen) atoms. The summed E-state index contributed by atoms with van der Waals surface area (Å²) in [6.45, 7) is 3.86. The number of hydrogen-bond donors (Lipinski definition) is 2. The highest BCUT2D eigenvalue weighted by Gasteiger charge is 2.30. The largest absolute Gasteiger partial charge is 0.496 e. The standard InChI is InChI=1S/C32H36N2O7/c1-20(2)15-28(31(36)40-17-21-13-14-22(16-29(21)38-4)39-19-30(35)33-3)34-32(37)41-18-27-25-11-7-5-9-23(25)24-10-6-8-12-26(24)27/h5-14,16,20,27-28H,15,17-19H2,1-4H3,(H,33,35)(H,34,37)/t28-/m0/s1. The van der Waals surface area contributed by atoms with Crippen molar-refractivity contribution in [2.24, 2.45) is 5.92 Å². The number of likely N-dealkylation sites (N-methyl/N-ethyl adjacent to an activating group) is 1. The Morgan fingerprint density at radius 2 is 1.56 bits per heavy atom. The fourth-order valence-electron chi connectivity index (χ4n) is 4.87. The van der Waals surface area contributed by atoms with Crippen molar-refractivity contribution in [3.8, 4) is 22.6 Å². The summed E-state index contributed by atoms with van der Waals surface area (Å²) in [5, 5.41) is 5.19. The molecular weight excluding hydrogens is 524 g/mol. The highest BCUT2D eigenvalue weighted by molar-refractivity contribution is 5.82. The zero-order valence-corrected chi connectivity index (χ0v) is 23.8. The van der Waals surface area contributed by atoms with Crippen molar-refractivity contribution in [3.63, 3.8) is 0 Å². The summed E-state index contributed by atoms with van der Waals surface area (Å²) in [5.74, 6) is 0.0793. The van der Waals surface area contributed by atoms with Gasteiger partial charge in [-0.15, -0.1) is 0 Å². The van der Waals surface area contributed by atoms with E-state index in [4.69, 9.17) is 18.9 Å². The van der Waals surface area contributed by atoms with Crippen LogP contribution in [0, 0.1) is 5.92 Å². The fourth-order valence-corrected chi connectivity index (χ4v) is 4.87. The Morgan fingerprint density at radius 3 is 2.17 bits per heavy atom. The van der Waals surface area contributed by atoms with E-state index < -0.39 is 18.1 Å². The number of alkyl carbamates (subject to hydrolysis) is 1. The molecule has 0 radical (unpaired) electrons. The molecule has 3 aromatic rings. The zero-order chi connectivity index (χ0) is 29.4. The van der Waals surface area contributed by atoms with Crippen LogP contribution in [0.25, 0.3) is 11.1 Å². The van der Waals surface area contributed by atoms with Gasteiger partial charge in [0.05, 0.1) is 7.11 Å². The predicted molar refractivity (Wildman–Crippen MR) is 154 cm³/mol. The first-order chi connectivity index (χ1) is 19.8. The van der Waals surface area contributed by atoms with E-state index in [0.29, 0.717) is 23.5 Å². The number of nitrogens with one attached hydrogen (secondary N) is 2. The van der Waals surface area contributed by atoms with E-state index in [9.17, 15) is 14.4 Å². The van der Waals surface area contributed by atoms with E-state index in [1.54, 1.807) is 18.2 Å². The Labute approximate surface area is 240 Å². The SMILES string of the molecule is CNC(=O)COc1ccc(COC(=O)[C@H](CC(C)C)NC(=O)OCC2c3ccccc3-c3ccccc32)c(OC)c1. The van der Waals surface area contributed by atoms with Crippen LogP contribution in [-0.4, -0.2) is 51.4 Å². The number of methoxy groups -OCH3 is 1. The van der Waals surface area contributed by atoms with Gasteiger partial charge < -0.3 is 29.6 Å². The monoisotopic (exact) mass is 560 g/mol. The van der Waals surface area contributed by atoms with E-state index in [2.05, 4.69) is 34.9 Å². The summed E-state index contributed by atoms with van der Waals surface area (Å²) in [4.78, 5) is 37.4. The smallest absolute Gasteiger partial charge is 0.407 e. The number of carbonyl (C=O) groups excluding carboxylic acids is 3. The maximum Gasteiger partial charge on any atom is 0.407 e. The van der Waals surface area contributed by atoms with Gasteiger partial charge in [0.25, 0.3) is 5.91 Å². The number of rotatable bonds is 12. The van der Waals surface area contributed by atoms with Gasteiger partial charge in [0.2, 0.25) is 0 Å². The van der Waals surface area contributed by atoms with Crippen molar-refractivity contribution in [1.29, 1.82) is 0 Å². The van der Waals surface area contributed by atoms with Gasteiger partial charge in [0, 0.05) is 24.6 Å². The Bertz CT molecular complexity index is 1340. The molecule has 0 heterocycles. The van der Waals surface area contributed by atoms with Gasteiger partial charge in [0.15, 0.2) is 6.61 Å². The third-order valence-corrected chi connectivity index (χ3v) is 6.90. The molecule has 9 heteroatoms. The summed E-state index contributed by atoms with van der Waals surface area (Å²) >= 11 is 0.